The molecule has 2 aromatic carbocycles. The van der Waals surface area contributed by atoms with Crippen LogP contribution in [0.1, 0.15) is 31.4 Å². The number of nitrogens with one attached hydrogen (secondary N) is 1. The number of carbonyl (C=O) groups is 1. The molecule has 0 saturated heterocycles. The van der Waals surface area contributed by atoms with Crippen LogP contribution in [-0.4, -0.2) is 28.0 Å². The van der Waals surface area contributed by atoms with Crippen molar-refractivity contribution in [3.63, 3.8) is 0 Å². The number of sulfonamides is 1. The Morgan fingerprint density at radius 2 is 1.93 bits per heavy atom. The Bertz CT molecular complexity index is 970. The smallest absolute Gasteiger partial charge is 0.236 e. The van der Waals surface area contributed by atoms with Crippen molar-refractivity contribution in [1.82, 2.24) is 0 Å². The fourth-order valence-electron chi connectivity index (χ4n) is 3.39. The highest BCUT2D eigenvalue weighted by atomic mass is 32.2. The van der Waals surface area contributed by atoms with Gasteiger partial charge in [-0.2, -0.15) is 0 Å². The maximum Gasteiger partial charge on any atom is 0.236 e. The maximum atomic E-state index is 12.6. The monoisotopic (exact) mass is 402 g/mol. The lowest BCUT2D eigenvalue weighted by molar-refractivity contribution is -0.119. The number of ether oxygens (including phenoxy) is 1. The molecule has 1 aliphatic heterocycles. The van der Waals surface area contributed by atoms with E-state index in [0.29, 0.717) is 42.3 Å². The summed E-state index contributed by atoms with van der Waals surface area (Å²) in [5.74, 6) is 0.957. The number of hydrogen-bond donors (Lipinski definition) is 1. The summed E-state index contributed by atoms with van der Waals surface area (Å²) in [6, 6.07) is 12.4. The highest BCUT2D eigenvalue weighted by Crippen LogP contribution is 2.31. The normalized spacial score (nSPS) is 14.1. The number of nitrogens with zero attached hydrogens (tertiary/aromatic N) is 1. The summed E-state index contributed by atoms with van der Waals surface area (Å²) < 4.78 is 33.0. The van der Waals surface area contributed by atoms with Gasteiger partial charge in [-0.25, -0.2) is 8.42 Å². The Labute approximate surface area is 166 Å². The summed E-state index contributed by atoms with van der Waals surface area (Å²) in [5, 5.41) is 0. The summed E-state index contributed by atoms with van der Waals surface area (Å²) >= 11 is 0. The average molecular weight is 403 g/mol. The molecule has 0 spiro atoms. The number of anilines is 2. The molecule has 0 bridgehead atoms. The van der Waals surface area contributed by atoms with Gasteiger partial charge in [0.15, 0.2) is 0 Å². The predicted molar refractivity (Wildman–Crippen MR) is 111 cm³/mol. The van der Waals surface area contributed by atoms with Crippen molar-refractivity contribution < 1.29 is 17.9 Å². The number of carbonyl (C=O) groups excluding carboxylic acids is 1. The van der Waals surface area contributed by atoms with E-state index in [1.54, 1.807) is 42.3 Å². The molecule has 1 amide bonds. The van der Waals surface area contributed by atoms with Crippen molar-refractivity contribution in [3.8, 4) is 5.75 Å². The molecule has 1 N–H and O–H groups in total. The van der Waals surface area contributed by atoms with Gasteiger partial charge in [0, 0.05) is 24.3 Å². The molecule has 0 aromatic heterocycles. The van der Waals surface area contributed by atoms with Crippen molar-refractivity contribution in [2.75, 3.05) is 23.3 Å². The molecular formula is C21H26N2O4S. The van der Waals surface area contributed by atoms with Crippen LogP contribution >= 0.6 is 0 Å². The first-order chi connectivity index (χ1) is 13.3. The summed E-state index contributed by atoms with van der Waals surface area (Å²) in [6.07, 6.45) is 1.06. The number of aryl methyl sites for hydroxylation is 1. The lowest BCUT2D eigenvalue weighted by atomic mass is 9.99. The van der Waals surface area contributed by atoms with Crippen molar-refractivity contribution in [3.05, 3.63) is 53.6 Å². The number of rotatable bonds is 7. The second-order valence-electron chi connectivity index (χ2n) is 7.45. The highest BCUT2D eigenvalue weighted by Gasteiger charge is 2.25. The van der Waals surface area contributed by atoms with Gasteiger partial charge in [-0.1, -0.05) is 26.0 Å². The second kappa shape index (κ2) is 8.22. The standard InChI is InChI=1S/C21H26N2O4S/c1-15(2)13-23-20-9-8-18(12-17(20)7-10-21(23)24)22-28(25,26)14-16-5-4-6-19(11-16)27-3/h4-6,8-9,11-12,15,22H,7,10,13-14H2,1-3H3. The van der Waals surface area contributed by atoms with Gasteiger partial charge < -0.3 is 9.64 Å². The van der Waals surface area contributed by atoms with Crippen LogP contribution in [0.2, 0.25) is 0 Å². The number of hydrogen-bond acceptors (Lipinski definition) is 4. The summed E-state index contributed by atoms with van der Waals surface area (Å²) in [7, 11) is -2.02. The van der Waals surface area contributed by atoms with Crippen molar-refractivity contribution >= 4 is 27.3 Å². The first-order valence-electron chi connectivity index (χ1n) is 9.34. The lowest BCUT2D eigenvalue weighted by Gasteiger charge is -2.31. The van der Waals surface area contributed by atoms with E-state index < -0.39 is 10.0 Å². The van der Waals surface area contributed by atoms with E-state index in [-0.39, 0.29) is 11.7 Å². The fourth-order valence-corrected chi connectivity index (χ4v) is 4.56. The van der Waals surface area contributed by atoms with E-state index in [1.165, 1.54) is 0 Å². The summed E-state index contributed by atoms with van der Waals surface area (Å²) in [4.78, 5) is 14.1. The Hall–Kier alpha value is -2.54. The van der Waals surface area contributed by atoms with Gasteiger partial charge >= 0.3 is 0 Å². The molecule has 0 atom stereocenters. The van der Waals surface area contributed by atoms with Gasteiger partial charge in [-0.15, -0.1) is 0 Å². The zero-order valence-electron chi connectivity index (χ0n) is 16.4. The third-order valence-electron chi connectivity index (χ3n) is 4.59. The van der Waals surface area contributed by atoms with Gasteiger partial charge in [0.1, 0.15) is 5.75 Å². The average Bonchev–Trinajstić information content (AvgIpc) is 2.63. The molecule has 1 aliphatic rings. The van der Waals surface area contributed by atoms with E-state index in [9.17, 15) is 13.2 Å². The fraction of sp³-hybridized carbons (Fsp3) is 0.381. The summed E-state index contributed by atoms with van der Waals surface area (Å²) in [5.41, 5.74) is 3.03. The molecule has 0 unspecified atom stereocenters. The first kappa shape index (κ1) is 20.2. The maximum absolute atomic E-state index is 12.6. The van der Waals surface area contributed by atoms with Crippen LogP contribution in [0.5, 0.6) is 5.75 Å². The van der Waals surface area contributed by atoms with Crippen LogP contribution in [-0.2, 0) is 27.0 Å². The lowest BCUT2D eigenvalue weighted by Crippen LogP contribution is -2.37. The van der Waals surface area contributed by atoms with E-state index in [0.717, 1.165) is 11.3 Å². The first-order valence-corrected chi connectivity index (χ1v) is 11.0. The molecule has 0 radical (unpaired) electrons. The predicted octanol–water partition coefficient (Wildman–Crippen LogP) is 3.57. The zero-order chi connectivity index (χ0) is 20.3. The molecule has 0 aliphatic carbocycles. The molecule has 7 heteroatoms. The minimum absolute atomic E-state index is 0.118. The van der Waals surface area contributed by atoms with Gasteiger partial charge in [0.25, 0.3) is 0 Å². The molecule has 0 fully saturated rings. The van der Waals surface area contributed by atoms with Gasteiger partial charge in [0.2, 0.25) is 15.9 Å². The van der Waals surface area contributed by atoms with Crippen molar-refractivity contribution in [2.24, 2.45) is 5.92 Å². The Morgan fingerprint density at radius 3 is 2.64 bits per heavy atom. The Kier molecular flexibility index (Phi) is 5.93. The summed E-state index contributed by atoms with van der Waals surface area (Å²) in [6.45, 7) is 4.80. The Balaban J connectivity index is 1.78. The number of methoxy groups -OCH3 is 1. The number of amides is 1. The van der Waals surface area contributed by atoms with Gasteiger partial charge in [0.05, 0.1) is 12.9 Å². The van der Waals surface area contributed by atoms with E-state index >= 15 is 0 Å². The molecule has 1 heterocycles. The SMILES string of the molecule is COc1cccc(CS(=O)(=O)Nc2ccc3c(c2)CCC(=O)N3CC(C)C)c1. The van der Waals surface area contributed by atoms with E-state index in [2.05, 4.69) is 18.6 Å². The zero-order valence-corrected chi connectivity index (χ0v) is 17.3. The second-order valence-corrected chi connectivity index (χ2v) is 9.18. The third-order valence-corrected chi connectivity index (χ3v) is 5.85. The van der Waals surface area contributed by atoms with Crippen molar-refractivity contribution in [1.29, 1.82) is 0 Å². The van der Waals surface area contributed by atoms with Gasteiger partial charge in [-0.05, 0) is 53.8 Å². The molecule has 3 rings (SSSR count). The minimum Gasteiger partial charge on any atom is -0.497 e. The van der Waals surface area contributed by atoms with Crippen LogP contribution in [0.15, 0.2) is 42.5 Å². The molecule has 0 saturated carbocycles. The number of benzene rings is 2. The van der Waals surface area contributed by atoms with E-state index in [1.807, 2.05) is 12.1 Å². The van der Waals surface area contributed by atoms with Crippen LogP contribution in [0.25, 0.3) is 0 Å². The van der Waals surface area contributed by atoms with E-state index in [4.69, 9.17) is 4.74 Å². The molecular weight excluding hydrogens is 376 g/mol. The molecule has 150 valence electrons. The topological polar surface area (TPSA) is 75.7 Å². The van der Waals surface area contributed by atoms with Crippen molar-refractivity contribution in [2.45, 2.75) is 32.4 Å². The third kappa shape index (κ3) is 4.84. The van der Waals surface area contributed by atoms with Gasteiger partial charge in [-0.3, -0.25) is 9.52 Å². The quantitative estimate of drug-likeness (QED) is 0.768. The largest absolute Gasteiger partial charge is 0.497 e. The van der Waals surface area contributed by atoms with Crippen LogP contribution in [0.4, 0.5) is 11.4 Å². The van der Waals surface area contributed by atoms with Crippen LogP contribution in [0, 0.1) is 5.92 Å². The molecule has 6 nitrogen and oxygen atoms in total. The number of fused-ring (bicyclic) bond motifs is 1. The highest BCUT2D eigenvalue weighted by molar-refractivity contribution is 7.91. The molecule has 28 heavy (non-hydrogen) atoms. The minimum atomic E-state index is -3.57. The van der Waals surface area contributed by atoms with Crippen LogP contribution < -0.4 is 14.4 Å². The van der Waals surface area contributed by atoms with Crippen LogP contribution in [0.3, 0.4) is 0 Å². The molecule has 2 aromatic rings. The Morgan fingerprint density at radius 1 is 1.14 bits per heavy atom.